The van der Waals surface area contributed by atoms with E-state index in [1.54, 1.807) is 11.8 Å². The van der Waals surface area contributed by atoms with E-state index in [0.29, 0.717) is 5.89 Å². The van der Waals surface area contributed by atoms with Crippen molar-refractivity contribution in [1.29, 1.82) is 0 Å². The van der Waals surface area contributed by atoms with Crippen molar-refractivity contribution in [3.8, 4) is 0 Å². The maximum atomic E-state index is 6.19. The second-order valence-corrected chi connectivity index (χ2v) is 6.58. The minimum Gasteiger partial charge on any atom is -0.339 e. The van der Waals surface area contributed by atoms with Gasteiger partial charge < -0.3 is 10.3 Å². The van der Waals surface area contributed by atoms with E-state index < -0.39 is 0 Å². The fraction of sp³-hybridized carbons (Fsp3) is 0.467. The third-order valence-electron chi connectivity index (χ3n) is 4.10. The van der Waals surface area contributed by atoms with Crippen molar-refractivity contribution in [2.45, 2.75) is 48.3 Å². The Balaban J connectivity index is 1.68. The Morgan fingerprint density at radius 2 is 2.20 bits per heavy atom. The number of aromatic nitrogens is 2. The Bertz CT molecular complexity index is 572. The van der Waals surface area contributed by atoms with E-state index in [1.165, 1.54) is 4.90 Å². The zero-order valence-corrected chi connectivity index (χ0v) is 12.4. The van der Waals surface area contributed by atoms with Gasteiger partial charge in [-0.25, -0.2) is 0 Å². The largest absolute Gasteiger partial charge is 0.339 e. The smallest absolute Gasteiger partial charge is 0.234 e. The Hall–Kier alpha value is -1.33. The molecule has 0 amide bonds. The highest BCUT2D eigenvalue weighted by Gasteiger charge is 2.42. The van der Waals surface area contributed by atoms with Crippen LogP contribution in [0, 0.1) is 0 Å². The molecule has 1 aromatic carbocycles. The van der Waals surface area contributed by atoms with Crippen LogP contribution in [0.3, 0.4) is 0 Å². The van der Waals surface area contributed by atoms with Crippen LogP contribution in [0.25, 0.3) is 0 Å². The Morgan fingerprint density at radius 3 is 2.90 bits per heavy atom. The molecular weight excluding hydrogens is 270 g/mol. The summed E-state index contributed by atoms with van der Waals surface area (Å²) in [6.07, 6.45) is 3.20. The molecule has 0 bridgehead atoms. The van der Waals surface area contributed by atoms with Crippen molar-refractivity contribution in [3.63, 3.8) is 0 Å². The summed E-state index contributed by atoms with van der Waals surface area (Å²) in [5, 5.41) is 4.09. The molecule has 2 N–H and O–H groups in total. The van der Waals surface area contributed by atoms with Crippen LogP contribution < -0.4 is 5.73 Å². The van der Waals surface area contributed by atoms with Crippen LogP contribution >= 0.6 is 11.8 Å². The van der Waals surface area contributed by atoms with Gasteiger partial charge in [0.15, 0.2) is 5.82 Å². The molecule has 1 saturated carbocycles. The minimum atomic E-state index is -0.150. The fourth-order valence-corrected chi connectivity index (χ4v) is 3.43. The molecule has 1 aliphatic rings. The van der Waals surface area contributed by atoms with E-state index >= 15 is 0 Å². The lowest BCUT2D eigenvalue weighted by atomic mass is 9.85. The van der Waals surface area contributed by atoms with Gasteiger partial charge in [0.2, 0.25) is 5.89 Å². The standard InChI is InChI=1S/C15H19N3OS/c1-15(9-5-8-12(15)16)14-17-13(18-19-14)10-20-11-6-3-2-4-7-11/h2-4,6-7,12H,5,8-10,16H2,1H3. The number of nitrogens with zero attached hydrogens (tertiary/aromatic N) is 2. The number of hydrogen-bond donors (Lipinski definition) is 1. The normalized spacial score (nSPS) is 26.0. The molecule has 4 nitrogen and oxygen atoms in total. The topological polar surface area (TPSA) is 64.9 Å². The minimum absolute atomic E-state index is 0.123. The van der Waals surface area contributed by atoms with Gasteiger partial charge in [-0.1, -0.05) is 29.8 Å². The van der Waals surface area contributed by atoms with Crippen LogP contribution in [0.4, 0.5) is 0 Å². The highest BCUT2D eigenvalue weighted by molar-refractivity contribution is 7.98. The molecule has 106 valence electrons. The predicted molar refractivity (Wildman–Crippen MR) is 79.5 cm³/mol. The summed E-state index contributed by atoms with van der Waals surface area (Å²) in [5.74, 6) is 2.17. The Kier molecular flexibility index (Phi) is 3.81. The highest BCUT2D eigenvalue weighted by Crippen LogP contribution is 2.39. The molecule has 2 aromatic rings. The van der Waals surface area contributed by atoms with Gasteiger partial charge in [0.1, 0.15) is 0 Å². The summed E-state index contributed by atoms with van der Waals surface area (Å²) < 4.78 is 5.46. The molecule has 0 spiro atoms. The summed E-state index contributed by atoms with van der Waals surface area (Å²) in [6, 6.07) is 10.4. The van der Waals surface area contributed by atoms with Crippen molar-refractivity contribution < 1.29 is 4.52 Å². The van der Waals surface area contributed by atoms with Crippen molar-refractivity contribution >= 4 is 11.8 Å². The molecule has 1 aliphatic carbocycles. The van der Waals surface area contributed by atoms with Gasteiger partial charge in [-0.05, 0) is 31.9 Å². The van der Waals surface area contributed by atoms with Crippen molar-refractivity contribution in [1.82, 2.24) is 10.1 Å². The van der Waals surface area contributed by atoms with Crippen LogP contribution in [-0.4, -0.2) is 16.2 Å². The average Bonchev–Trinajstić information content (AvgIpc) is 3.07. The molecule has 1 aromatic heterocycles. The highest BCUT2D eigenvalue weighted by atomic mass is 32.2. The fourth-order valence-electron chi connectivity index (χ4n) is 2.67. The summed E-state index contributed by atoms with van der Waals surface area (Å²) >= 11 is 1.71. The number of rotatable bonds is 4. The summed E-state index contributed by atoms with van der Waals surface area (Å²) in [7, 11) is 0. The molecule has 2 unspecified atom stereocenters. The van der Waals surface area contributed by atoms with E-state index in [1.807, 2.05) is 18.2 Å². The first kappa shape index (κ1) is 13.6. The van der Waals surface area contributed by atoms with Crippen LogP contribution in [0.5, 0.6) is 0 Å². The summed E-state index contributed by atoms with van der Waals surface area (Å²) in [4.78, 5) is 5.76. The molecule has 2 atom stereocenters. The lowest BCUT2D eigenvalue weighted by Gasteiger charge is -2.23. The monoisotopic (exact) mass is 289 g/mol. The predicted octanol–water partition coefficient (Wildman–Crippen LogP) is 3.13. The number of thioether (sulfide) groups is 1. The first-order valence-corrected chi connectivity index (χ1v) is 7.93. The second kappa shape index (κ2) is 5.58. The maximum Gasteiger partial charge on any atom is 0.234 e. The van der Waals surface area contributed by atoms with Gasteiger partial charge in [-0.3, -0.25) is 0 Å². The third kappa shape index (κ3) is 2.60. The van der Waals surface area contributed by atoms with Gasteiger partial charge in [0, 0.05) is 10.9 Å². The van der Waals surface area contributed by atoms with E-state index in [9.17, 15) is 0 Å². The van der Waals surface area contributed by atoms with Gasteiger partial charge in [-0.15, -0.1) is 11.8 Å². The maximum absolute atomic E-state index is 6.19. The molecular formula is C15H19N3OS. The van der Waals surface area contributed by atoms with Crippen LogP contribution in [-0.2, 0) is 11.2 Å². The molecule has 3 rings (SSSR count). The molecule has 1 fully saturated rings. The number of hydrogen-bond acceptors (Lipinski definition) is 5. The lowest BCUT2D eigenvalue weighted by molar-refractivity contribution is 0.277. The molecule has 0 radical (unpaired) electrons. The average molecular weight is 289 g/mol. The van der Waals surface area contributed by atoms with E-state index in [-0.39, 0.29) is 11.5 Å². The first-order chi connectivity index (χ1) is 9.68. The second-order valence-electron chi connectivity index (χ2n) is 5.53. The zero-order valence-electron chi connectivity index (χ0n) is 11.6. The van der Waals surface area contributed by atoms with E-state index in [2.05, 4.69) is 29.2 Å². The van der Waals surface area contributed by atoms with E-state index in [0.717, 1.165) is 30.8 Å². The molecule has 5 heteroatoms. The Morgan fingerprint density at radius 1 is 1.40 bits per heavy atom. The van der Waals surface area contributed by atoms with Crippen LogP contribution in [0.15, 0.2) is 39.8 Å². The van der Waals surface area contributed by atoms with Crippen molar-refractivity contribution in [3.05, 3.63) is 42.0 Å². The molecule has 1 heterocycles. The van der Waals surface area contributed by atoms with Gasteiger partial charge in [0.05, 0.1) is 11.2 Å². The number of benzene rings is 1. The van der Waals surface area contributed by atoms with Crippen molar-refractivity contribution in [2.24, 2.45) is 5.73 Å². The van der Waals surface area contributed by atoms with E-state index in [4.69, 9.17) is 10.3 Å². The van der Waals surface area contributed by atoms with Gasteiger partial charge in [-0.2, -0.15) is 4.98 Å². The lowest BCUT2D eigenvalue weighted by Crippen LogP contribution is -2.38. The summed E-state index contributed by atoms with van der Waals surface area (Å²) in [6.45, 7) is 2.13. The molecule has 0 saturated heterocycles. The van der Waals surface area contributed by atoms with Crippen LogP contribution in [0.2, 0.25) is 0 Å². The summed E-state index contributed by atoms with van der Waals surface area (Å²) in [5.41, 5.74) is 6.04. The SMILES string of the molecule is CC1(c2nc(CSc3ccccc3)no2)CCCC1N. The zero-order chi connectivity index (χ0) is 14.0. The third-order valence-corrected chi connectivity index (χ3v) is 5.11. The van der Waals surface area contributed by atoms with Crippen LogP contribution in [0.1, 0.15) is 37.9 Å². The molecule has 20 heavy (non-hydrogen) atoms. The Labute approximate surface area is 123 Å². The molecule has 0 aliphatic heterocycles. The van der Waals surface area contributed by atoms with Crippen molar-refractivity contribution in [2.75, 3.05) is 0 Å². The quantitative estimate of drug-likeness (QED) is 0.876. The number of nitrogens with two attached hydrogens (primary N) is 1. The van der Waals surface area contributed by atoms with Gasteiger partial charge in [0.25, 0.3) is 0 Å². The van der Waals surface area contributed by atoms with Gasteiger partial charge >= 0.3 is 0 Å². The first-order valence-electron chi connectivity index (χ1n) is 6.95.